The number of carbonyl (C=O) groups excluding carboxylic acids is 5. The lowest BCUT2D eigenvalue weighted by atomic mass is 9.88. The zero-order chi connectivity index (χ0) is 40.8. The van der Waals surface area contributed by atoms with Gasteiger partial charge in [-0.1, -0.05) is 41.5 Å². The van der Waals surface area contributed by atoms with Crippen molar-refractivity contribution in [3.8, 4) is 0 Å². The van der Waals surface area contributed by atoms with E-state index in [0.717, 1.165) is 0 Å². The zero-order valence-corrected chi connectivity index (χ0v) is 35.1. The maximum Gasteiger partial charge on any atom is 0.469 e. The van der Waals surface area contributed by atoms with Crippen LogP contribution in [0, 0.1) is 17.3 Å². The quantitative estimate of drug-likeness (QED) is 0.0237. The van der Waals surface area contributed by atoms with Crippen LogP contribution < -0.4 is 0 Å². The Balaban J connectivity index is 5.04. The maximum atomic E-state index is 12.8. The van der Waals surface area contributed by atoms with Gasteiger partial charge in [-0.15, -0.1) is 0 Å². The number of ether oxygens (including phenoxy) is 5. The van der Waals surface area contributed by atoms with Gasteiger partial charge in [-0.2, -0.15) is 36.2 Å². The first-order valence-electron chi connectivity index (χ1n) is 16.6. The molecule has 0 aromatic rings. The molecule has 0 aliphatic carbocycles. The topological polar surface area (TPSA) is 265 Å². The Labute approximate surface area is 324 Å². The number of phosphoric ester groups is 2. The highest BCUT2D eigenvalue weighted by Crippen LogP contribution is 2.36. The van der Waals surface area contributed by atoms with E-state index in [-0.39, 0.29) is 79.6 Å². The van der Waals surface area contributed by atoms with Crippen molar-refractivity contribution >= 4 is 81.6 Å². The molecule has 0 saturated carbocycles. The second kappa shape index (κ2) is 26.5. The van der Waals surface area contributed by atoms with Gasteiger partial charge in [0, 0.05) is 27.3 Å². The number of thiol groups is 1. The van der Waals surface area contributed by atoms with E-state index in [1.807, 2.05) is 0 Å². The lowest BCUT2D eigenvalue weighted by Gasteiger charge is -2.31. The second-order valence-corrected chi connectivity index (χ2v) is 18.7. The van der Waals surface area contributed by atoms with E-state index in [2.05, 4.69) is 21.7 Å². The Bertz CT molecular complexity index is 1170. The number of phosphoric acid groups is 2. The summed E-state index contributed by atoms with van der Waals surface area (Å²) in [5.41, 5.74) is -1.06. The van der Waals surface area contributed by atoms with Gasteiger partial charge in [0.05, 0.1) is 49.7 Å². The van der Waals surface area contributed by atoms with Gasteiger partial charge in [0.25, 0.3) is 0 Å². The molecule has 53 heavy (non-hydrogen) atoms. The van der Waals surface area contributed by atoms with Crippen LogP contribution in [0.4, 0.5) is 0 Å². The number of esters is 5. The first kappa shape index (κ1) is 51.6. The number of carbonyl (C=O) groups is 5. The largest absolute Gasteiger partial charge is 0.469 e. The molecule has 0 saturated heterocycles. The van der Waals surface area contributed by atoms with Crippen molar-refractivity contribution in [1.82, 2.24) is 0 Å². The fourth-order valence-corrected chi connectivity index (χ4v) is 6.56. The van der Waals surface area contributed by atoms with E-state index in [9.17, 15) is 33.1 Å². The van der Waals surface area contributed by atoms with Gasteiger partial charge in [-0.3, -0.25) is 33.0 Å². The minimum Gasteiger partial charge on any atom is -0.465 e. The van der Waals surface area contributed by atoms with Crippen LogP contribution in [0.15, 0.2) is 0 Å². The smallest absolute Gasteiger partial charge is 0.465 e. The second-order valence-electron chi connectivity index (χ2n) is 12.4. The predicted molar refractivity (Wildman–Crippen MR) is 198 cm³/mol. The van der Waals surface area contributed by atoms with Crippen LogP contribution in [0.25, 0.3) is 0 Å². The van der Waals surface area contributed by atoms with Gasteiger partial charge >= 0.3 is 45.5 Å². The van der Waals surface area contributed by atoms with E-state index in [4.69, 9.17) is 43.3 Å². The summed E-state index contributed by atoms with van der Waals surface area (Å²) in [6.45, 7) is 7.99. The van der Waals surface area contributed by atoms with Crippen molar-refractivity contribution < 1.29 is 85.4 Å². The van der Waals surface area contributed by atoms with Crippen LogP contribution in [0.3, 0.4) is 0 Å². The molecule has 23 heteroatoms. The molecule has 0 radical (unpaired) electrons. The van der Waals surface area contributed by atoms with E-state index in [1.54, 1.807) is 41.5 Å². The molecule has 0 rings (SSSR count). The molecule has 0 fully saturated rings. The molecule has 4 N–H and O–H groups in total. The van der Waals surface area contributed by atoms with Crippen molar-refractivity contribution in [2.24, 2.45) is 17.3 Å². The third-order valence-electron chi connectivity index (χ3n) is 6.98. The summed E-state index contributed by atoms with van der Waals surface area (Å²) in [7, 11) is -9.33. The van der Waals surface area contributed by atoms with Gasteiger partial charge in [0.2, 0.25) is 0 Å². The minimum atomic E-state index is -4.66. The molecule has 5 unspecified atom stereocenters. The molecule has 0 spiro atoms. The number of hydrogen-bond acceptors (Lipinski definition) is 17. The van der Waals surface area contributed by atoms with Crippen molar-refractivity contribution in [3.05, 3.63) is 0 Å². The third kappa shape index (κ3) is 27.8. The molecule has 0 amide bonds. The van der Waals surface area contributed by atoms with Crippen LogP contribution in [0.5, 0.6) is 0 Å². The molecule has 0 aliphatic rings. The SMILES string of the molecule is CCC(COC(=O)CC(C)S)(COC(=O)CC(C)SCC(C)C(=O)OCCOP(=O)(O)O)COC(=O)CC(C)SCC(C)C(=O)OCCOP(=O)(O)O. The summed E-state index contributed by atoms with van der Waals surface area (Å²) in [4.78, 5) is 96.9. The lowest BCUT2D eigenvalue weighted by Crippen LogP contribution is -2.39. The fourth-order valence-electron chi connectivity index (χ4n) is 3.77. The Hall–Kier alpha value is -1.38. The summed E-state index contributed by atoms with van der Waals surface area (Å²) in [5.74, 6) is -3.44. The molecular weight excluding hydrogens is 806 g/mol. The standard InChI is InChI=1S/C30H54O18P2S3/c1-7-30(17-44-25(31)12-22(4)51,18-45-26(32)13-23(5)52-15-20(2)28(34)42-8-10-47-49(36,37)38)19-46-27(33)14-24(6)53-16-21(3)29(35)43-9-11-48-50(39,40)41/h20-24,51H,7-19H2,1-6H3,(H2,36,37,38)(H2,39,40,41). The van der Waals surface area contributed by atoms with Crippen molar-refractivity contribution in [2.75, 3.05) is 57.8 Å². The number of hydrogen-bond donors (Lipinski definition) is 5. The summed E-state index contributed by atoms with van der Waals surface area (Å²) >= 11 is 6.83. The lowest BCUT2D eigenvalue weighted by molar-refractivity contribution is -0.162. The average molecular weight is 861 g/mol. The van der Waals surface area contributed by atoms with E-state index in [1.165, 1.54) is 23.5 Å². The highest BCUT2D eigenvalue weighted by Gasteiger charge is 2.35. The van der Waals surface area contributed by atoms with Crippen molar-refractivity contribution in [2.45, 2.75) is 83.0 Å². The Morgan fingerprint density at radius 2 is 0.943 bits per heavy atom. The zero-order valence-electron chi connectivity index (χ0n) is 30.7. The number of rotatable bonds is 29. The third-order valence-corrected chi connectivity index (χ3v) is 11.1. The summed E-state index contributed by atoms with van der Waals surface area (Å²) < 4.78 is 56.3. The van der Waals surface area contributed by atoms with Gasteiger partial charge in [0.15, 0.2) is 0 Å². The molecular formula is C30H54O18P2S3. The first-order valence-corrected chi connectivity index (χ1v) is 22.3. The highest BCUT2D eigenvalue weighted by molar-refractivity contribution is 8.00. The molecule has 5 atom stereocenters. The van der Waals surface area contributed by atoms with Gasteiger partial charge < -0.3 is 43.3 Å². The maximum absolute atomic E-state index is 12.8. The van der Waals surface area contributed by atoms with Crippen molar-refractivity contribution in [3.63, 3.8) is 0 Å². The average Bonchev–Trinajstić information content (AvgIpc) is 3.04. The van der Waals surface area contributed by atoms with E-state index >= 15 is 0 Å². The predicted octanol–water partition coefficient (Wildman–Crippen LogP) is 3.32. The van der Waals surface area contributed by atoms with E-state index < -0.39 is 76.0 Å². The molecule has 0 aromatic carbocycles. The summed E-state index contributed by atoms with van der Waals surface area (Å²) in [6, 6.07) is 0. The van der Waals surface area contributed by atoms with Gasteiger partial charge in [-0.05, 0) is 6.42 Å². The van der Waals surface area contributed by atoms with Crippen LogP contribution in [0.2, 0.25) is 0 Å². The Kier molecular flexibility index (Phi) is 25.8. The van der Waals surface area contributed by atoms with Crippen molar-refractivity contribution in [1.29, 1.82) is 0 Å². The van der Waals surface area contributed by atoms with Gasteiger partial charge in [0.1, 0.15) is 33.0 Å². The van der Waals surface area contributed by atoms with Crippen LogP contribution >= 0.6 is 51.8 Å². The molecule has 0 aromatic heterocycles. The normalized spacial score (nSPS) is 15.9. The van der Waals surface area contributed by atoms with Crippen LogP contribution in [-0.2, 0) is 65.8 Å². The van der Waals surface area contributed by atoms with E-state index in [0.29, 0.717) is 6.42 Å². The highest BCUT2D eigenvalue weighted by atomic mass is 32.2. The Morgan fingerprint density at radius 1 is 0.604 bits per heavy atom. The minimum absolute atomic E-state index is 0.0268. The fraction of sp³-hybridized carbons (Fsp3) is 0.833. The molecule has 0 aliphatic heterocycles. The summed E-state index contributed by atoms with van der Waals surface area (Å²) in [5, 5.41) is -0.806. The first-order chi connectivity index (χ1) is 24.5. The van der Waals surface area contributed by atoms with Crippen LogP contribution in [-0.4, -0.2) is 123 Å². The monoisotopic (exact) mass is 860 g/mol. The van der Waals surface area contributed by atoms with Crippen LogP contribution in [0.1, 0.15) is 67.2 Å². The van der Waals surface area contributed by atoms with Gasteiger partial charge in [-0.25, -0.2) is 9.13 Å². The molecule has 18 nitrogen and oxygen atoms in total. The Morgan fingerprint density at radius 3 is 1.25 bits per heavy atom. The molecule has 0 heterocycles. The molecule has 310 valence electrons. The molecule has 0 bridgehead atoms. The number of thioether (sulfide) groups is 2. The summed E-state index contributed by atoms with van der Waals surface area (Å²) in [6.07, 6.45) is 0.289.